The number of benzene rings is 4. The number of aromatic hydroxyl groups is 3. The maximum absolute atomic E-state index is 10.2. The molecule has 0 saturated heterocycles. The first-order chi connectivity index (χ1) is 13.3. The first-order valence-corrected chi connectivity index (χ1v) is 8.46. The van der Waals surface area contributed by atoms with Gasteiger partial charge in [0.15, 0.2) is 17.2 Å². The van der Waals surface area contributed by atoms with Gasteiger partial charge in [-0.05, 0) is 49.1 Å². The van der Waals surface area contributed by atoms with Gasteiger partial charge in [-0.15, -0.1) is 0 Å². The summed E-state index contributed by atoms with van der Waals surface area (Å²) < 4.78 is 0. The van der Waals surface area contributed by atoms with Gasteiger partial charge in [0.2, 0.25) is 0 Å². The van der Waals surface area contributed by atoms with E-state index in [4.69, 9.17) is 15.7 Å². The van der Waals surface area contributed by atoms with Gasteiger partial charge in [0, 0.05) is 0 Å². The summed E-state index contributed by atoms with van der Waals surface area (Å²) >= 11 is 0. The third-order valence-corrected chi connectivity index (χ3v) is 4.98. The van der Waals surface area contributed by atoms with Gasteiger partial charge in [-0.3, -0.25) is 0 Å². The van der Waals surface area contributed by atoms with Crippen LogP contribution in [-0.4, -0.2) is 48.2 Å². The zero-order chi connectivity index (χ0) is 20.2. The van der Waals surface area contributed by atoms with Gasteiger partial charge >= 0.3 is 7.12 Å². The molecule has 0 amide bonds. The number of phenolic OH excluding ortho intramolecular Hbond substituents is 3. The second-order valence-electron chi connectivity index (χ2n) is 6.50. The van der Waals surface area contributed by atoms with Crippen LogP contribution in [0.1, 0.15) is 0 Å². The van der Waals surface area contributed by atoms with Gasteiger partial charge in [-0.25, -0.2) is 0 Å². The van der Waals surface area contributed by atoms with Gasteiger partial charge < -0.3 is 25.4 Å². The van der Waals surface area contributed by atoms with Gasteiger partial charge in [-0.1, -0.05) is 48.5 Å². The number of hydrogen-bond donors (Lipinski definition) is 5. The van der Waals surface area contributed by atoms with E-state index in [1.165, 1.54) is 0 Å². The summed E-state index contributed by atoms with van der Waals surface area (Å²) in [6.45, 7) is 0. The minimum atomic E-state index is -1.72. The molecule has 132 valence electrons. The number of hydrogen-bond acceptors (Lipinski definition) is 5. The van der Waals surface area contributed by atoms with E-state index in [9.17, 15) is 25.4 Å². The van der Waals surface area contributed by atoms with E-state index in [-0.39, 0.29) is 16.5 Å². The van der Waals surface area contributed by atoms with Crippen LogP contribution in [0.2, 0.25) is 0 Å². The van der Waals surface area contributed by atoms with Crippen molar-refractivity contribution < 1.29 is 25.4 Å². The van der Waals surface area contributed by atoms with Crippen molar-refractivity contribution in [3.05, 3.63) is 48.5 Å². The van der Waals surface area contributed by atoms with Crippen LogP contribution in [0.25, 0.3) is 32.7 Å². The fourth-order valence-corrected chi connectivity index (χ4v) is 3.73. The third-order valence-electron chi connectivity index (χ3n) is 4.98. The summed E-state index contributed by atoms with van der Waals surface area (Å²) in [7, 11) is 10.4. The molecule has 0 aliphatic rings. The van der Waals surface area contributed by atoms with E-state index in [1.54, 1.807) is 48.5 Å². The molecular weight excluding hydrogens is 353 g/mol. The molecule has 0 spiro atoms. The Labute approximate surface area is 163 Å². The van der Waals surface area contributed by atoms with Crippen LogP contribution in [0.5, 0.6) is 17.2 Å². The van der Waals surface area contributed by atoms with E-state index in [1.807, 2.05) is 0 Å². The summed E-state index contributed by atoms with van der Waals surface area (Å²) in [4.78, 5) is 0. The molecule has 0 aliphatic heterocycles. The van der Waals surface area contributed by atoms with Crippen LogP contribution in [0, 0.1) is 0 Å². The van der Waals surface area contributed by atoms with Crippen molar-refractivity contribution in [2.75, 3.05) is 0 Å². The summed E-state index contributed by atoms with van der Waals surface area (Å²) in [6, 6.07) is 14.0. The average Bonchev–Trinajstić information content (AvgIpc) is 2.70. The lowest BCUT2D eigenvalue weighted by atomic mass is 9.69. The van der Waals surface area contributed by atoms with Crippen molar-refractivity contribution in [3.63, 3.8) is 0 Å². The Morgan fingerprint density at radius 1 is 0.571 bits per heavy atom. The van der Waals surface area contributed by atoms with Crippen LogP contribution in [0.4, 0.5) is 0 Å². The second kappa shape index (κ2) is 6.51. The van der Waals surface area contributed by atoms with E-state index >= 15 is 0 Å². The molecule has 0 atom stereocenters. The Morgan fingerprint density at radius 3 is 1.36 bits per heavy atom. The Hall–Kier alpha value is -3.09. The van der Waals surface area contributed by atoms with Crippen molar-refractivity contribution in [1.82, 2.24) is 0 Å². The Kier molecular flexibility index (Phi) is 4.25. The standard InChI is InChI=1S/C20H13B3O5/c21-15-14(16(22)19(25)20(26)18(15)24)13-9-5-1-3-7-11(9)17(23(27)28)12-8-4-2-6-10(12)13/h1-8,24-28H. The highest BCUT2D eigenvalue weighted by atomic mass is 16.4. The van der Waals surface area contributed by atoms with E-state index in [0.29, 0.717) is 32.6 Å². The smallest absolute Gasteiger partial charge is 0.489 e. The molecule has 28 heavy (non-hydrogen) atoms. The molecule has 0 aliphatic carbocycles. The molecule has 0 heterocycles. The van der Waals surface area contributed by atoms with Crippen molar-refractivity contribution >= 4 is 60.7 Å². The molecule has 4 rings (SSSR count). The first-order valence-electron chi connectivity index (χ1n) is 8.46. The van der Waals surface area contributed by atoms with E-state index in [2.05, 4.69) is 0 Å². The third kappa shape index (κ3) is 2.46. The Balaban J connectivity index is 2.32. The monoisotopic (exact) mass is 366 g/mol. The highest BCUT2D eigenvalue weighted by molar-refractivity contribution is 6.66. The van der Waals surface area contributed by atoms with Gasteiger partial charge in [-0.2, -0.15) is 0 Å². The predicted octanol–water partition coefficient (Wildman–Crippen LogP) is 0.0442. The number of fused-ring (bicyclic) bond motifs is 2. The topological polar surface area (TPSA) is 101 Å². The first kappa shape index (κ1) is 18.3. The van der Waals surface area contributed by atoms with Gasteiger partial charge in [0.05, 0.1) is 0 Å². The van der Waals surface area contributed by atoms with Gasteiger partial charge in [0.1, 0.15) is 15.7 Å². The van der Waals surface area contributed by atoms with Crippen molar-refractivity contribution in [2.45, 2.75) is 0 Å². The summed E-state index contributed by atoms with van der Waals surface area (Å²) in [6.07, 6.45) is 0. The fraction of sp³-hybridized carbons (Fsp3) is 0. The average molecular weight is 366 g/mol. The molecule has 0 saturated carbocycles. The maximum atomic E-state index is 10.2. The van der Waals surface area contributed by atoms with E-state index < -0.39 is 24.4 Å². The van der Waals surface area contributed by atoms with Crippen LogP contribution in [0.15, 0.2) is 48.5 Å². The minimum absolute atomic E-state index is 0.152. The number of phenols is 3. The summed E-state index contributed by atoms with van der Waals surface area (Å²) in [5.41, 5.74) is 0.579. The zero-order valence-corrected chi connectivity index (χ0v) is 14.6. The Bertz CT molecular complexity index is 1170. The number of rotatable bonds is 2. The molecule has 0 fully saturated rings. The second-order valence-corrected chi connectivity index (χ2v) is 6.50. The summed E-state index contributed by atoms with van der Waals surface area (Å²) in [5.74, 6) is -2.16. The molecule has 4 aromatic carbocycles. The zero-order valence-electron chi connectivity index (χ0n) is 14.6. The lowest BCUT2D eigenvalue weighted by Gasteiger charge is -2.21. The van der Waals surface area contributed by atoms with E-state index in [0.717, 1.165) is 0 Å². The van der Waals surface area contributed by atoms with Crippen LogP contribution in [-0.2, 0) is 0 Å². The lowest BCUT2D eigenvalue weighted by molar-refractivity contribution is 0.372. The molecular formula is C20H13B3O5. The minimum Gasteiger partial charge on any atom is -0.505 e. The Morgan fingerprint density at radius 2 is 0.964 bits per heavy atom. The molecule has 0 unspecified atom stereocenters. The highest BCUT2D eigenvalue weighted by Crippen LogP contribution is 2.39. The highest BCUT2D eigenvalue weighted by Gasteiger charge is 2.25. The fourth-order valence-electron chi connectivity index (χ4n) is 3.73. The normalized spacial score (nSPS) is 11.2. The SMILES string of the molecule is [B]c1c(O)c(O)c(O)c([B])c1-c1c2ccccc2c(B(O)O)c2ccccc12. The van der Waals surface area contributed by atoms with Crippen molar-refractivity contribution in [1.29, 1.82) is 0 Å². The molecule has 0 aromatic heterocycles. The molecule has 4 aromatic rings. The molecule has 5 N–H and O–H groups in total. The lowest BCUT2D eigenvalue weighted by Crippen LogP contribution is -2.32. The van der Waals surface area contributed by atoms with Crippen molar-refractivity contribution in [2.24, 2.45) is 0 Å². The van der Waals surface area contributed by atoms with Crippen LogP contribution >= 0.6 is 0 Å². The maximum Gasteiger partial charge on any atom is 0.489 e. The van der Waals surface area contributed by atoms with Gasteiger partial charge in [0.25, 0.3) is 0 Å². The van der Waals surface area contributed by atoms with Crippen LogP contribution < -0.4 is 16.4 Å². The molecule has 5 nitrogen and oxygen atoms in total. The molecule has 4 radical (unpaired) electrons. The summed E-state index contributed by atoms with van der Waals surface area (Å²) in [5, 5.41) is 52.5. The quantitative estimate of drug-likeness (QED) is 0.196. The van der Waals surface area contributed by atoms with Crippen molar-refractivity contribution in [3.8, 4) is 28.4 Å². The molecule has 0 bridgehead atoms. The molecule has 8 heteroatoms. The predicted molar refractivity (Wildman–Crippen MR) is 112 cm³/mol. The largest absolute Gasteiger partial charge is 0.505 e. The van der Waals surface area contributed by atoms with Crippen LogP contribution in [0.3, 0.4) is 0 Å².